The first kappa shape index (κ1) is 15.5. The van der Waals surface area contributed by atoms with E-state index < -0.39 is 0 Å². The smallest absolute Gasteiger partial charge is 0.336 e. The summed E-state index contributed by atoms with van der Waals surface area (Å²) in [4.78, 5) is 11.5. The summed E-state index contributed by atoms with van der Waals surface area (Å²) in [5.74, 6) is 1.39. The van der Waals surface area contributed by atoms with Crippen LogP contribution in [0.1, 0.15) is 5.56 Å². The molecular formula is C18H14N2O4S. The summed E-state index contributed by atoms with van der Waals surface area (Å²) >= 11 is 5.33. The molecule has 4 rings (SSSR count). The number of thiocarbonyl (C=S) groups is 1. The summed E-state index contributed by atoms with van der Waals surface area (Å²) in [7, 11) is 0. The highest BCUT2D eigenvalue weighted by atomic mass is 32.1. The second kappa shape index (κ2) is 6.10. The minimum absolute atomic E-state index is 0.225. The van der Waals surface area contributed by atoms with Gasteiger partial charge in [0, 0.05) is 35.0 Å². The maximum absolute atomic E-state index is 11.5. The Morgan fingerprint density at radius 2 is 1.72 bits per heavy atom. The van der Waals surface area contributed by atoms with Gasteiger partial charge in [0.15, 0.2) is 16.6 Å². The molecule has 0 aliphatic carbocycles. The quantitative estimate of drug-likeness (QED) is 0.538. The van der Waals surface area contributed by atoms with Crippen molar-refractivity contribution in [3.05, 3.63) is 58.4 Å². The predicted molar refractivity (Wildman–Crippen MR) is 99.6 cm³/mol. The van der Waals surface area contributed by atoms with E-state index in [-0.39, 0.29) is 12.4 Å². The standard InChI is InChI=1S/C18H14N2O4S/c1-10-6-17(21)24-15-7-11(2-4-13(10)15)19-18(25)20-12-3-5-14-16(8-12)23-9-22-14/h2-8H,9H2,1H3,(H2,19,20,25). The van der Waals surface area contributed by atoms with Crippen molar-refractivity contribution in [2.75, 3.05) is 17.4 Å². The first-order valence-corrected chi connectivity index (χ1v) is 8.01. The number of aryl methyl sites for hydroxylation is 1. The Morgan fingerprint density at radius 3 is 2.56 bits per heavy atom. The molecule has 7 heteroatoms. The lowest BCUT2D eigenvalue weighted by Gasteiger charge is -2.11. The van der Waals surface area contributed by atoms with Crippen LogP contribution < -0.4 is 25.7 Å². The lowest BCUT2D eigenvalue weighted by molar-refractivity contribution is 0.174. The van der Waals surface area contributed by atoms with Crippen molar-refractivity contribution in [1.82, 2.24) is 0 Å². The molecule has 0 spiro atoms. The topological polar surface area (TPSA) is 72.7 Å². The molecule has 3 aromatic rings. The van der Waals surface area contributed by atoms with Gasteiger partial charge in [0.05, 0.1) is 0 Å². The van der Waals surface area contributed by atoms with Crippen molar-refractivity contribution in [2.24, 2.45) is 0 Å². The van der Waals surface area contributed by atoms with Gasteiger partial charge in [-0.25, -0.2) is 4.79 Å². The van der Waals surface area contributed by atoms with Gasteiger partial charge < -0.3 is 24.5 Å². The Bertz CT molecular complexity index is 1040. The highest BCUT2D eigenvalue weighted by Crippen LogP contribution is 2.34. The van der Waals surface area contributed by atoms with Gasteiger partial charge in [-0.05, 0) is 49.0 Å². The van der Waals surface area contributed by atoms with Crippen LogP contribution in [0.2, 0.25) is 0 Å². The summed E-state index contributed by atoms with van der Waals surface area (Å²) in [5, 5.41) is 7.46. The first-order valence-electron chi connectivity index (χ1n) is 7.61. The Balaban J connectivity index is 1.52. The molecule has 126 valence electrons. The highest BCUT2D eigenvalue weighted by molar-refractivity contribution is 7.80. The number of hydrogen-bond acceptors (Lipinski definition) is 5. The van der Waals surface area contributed by atoms with Crippen LogP contribution in [0, 0.1) is 6.92 Å². The average Bonchev–Trinajstić information content (AvgIpc) is 3.01. The van der Waals surface area contributed by atoms with Crippen LogP contribution >= 0.6 is 12.2 Å². The van der Waals surface area contributed by atoms with Crippen LogP contribution in [0.15, 0.2) is 51.7 Å². The fraction of sp³-hybridized carbons (Fsp3) is 0.111. The molecule has 1 aliphatic heterocycles. The van der Waals surface area contributed by atoms with Gasteiger partial charge in [-0.1, -0.05) is 0 Å². The van der Waals surface area contributed by atoms with Crippen LogP contribution in [-0.4, -0.2) is 11.9 Å². The van der Waals surface area contributed by atoms with Crippen molar-refractivity contribution in [3.63, 3.8) is 0 Å². The minimum atomic E-state index is -0.372. The van der Waals surface area contributed by atoms with Crippen LogP contribution in [0.25, 0.3) is 11.0 Å². The van der Waals surface area contributed by atoms with Gasteiger partial charge in [-0.2, -0.15) is 0 Å². The zero-order valence-electron chi connectivity index (χ0n) is 13.3. The summed E-state index contributed by atoms with van der Waals surface area (Å²) in [6, 6.07) is 12.5. The zero-order chi connectivity index (χ0) is 17.4. The van der Waals surface area contributed by atoms with E-state index in [0.29, 0.717) is 22.2 Å². The van der Waals surface area contributed by atoms with Crippen LogP contribution in [-0.2, 0) is 0 Å². The Hall–Kier alpha value is -3.06. The summed E-state index contributed by atoms with van der Waals surface area (Å²) in [6.07, 6.45) is 0. The maximum Gasteiger partial charge on any atom is 0.336 e. The van der Waals surface area contributed by atoms with E-state index in [1.165, 1.54) is 6.07 Å². The Kier molecular flexibility index (Phi) is 3.77. The molecule has 0 unspecified atom stereocenters. The molecule has 0 amide bonds. The maximum atomic E-state index is 11.5. The van der Waals surface area contributed by atoms with E-state index in [1.807, 2.05) is 37.3 Å². The molecule has 6 nitrogen and oxygen atoms in total. The lowest BCUT2D eigenvalue weighted by atomic mass is 10.1. The second-order valence-electron chi connectivity index (χ2n) is 5.61. The number of hydrogen-bond donors (Lipinski definition) is 2. The summed E-state index contributed by atoms with van der Waals surface area (Å²) in [5.41, 5.74) is 2.52. The fourth-order valence-corrected chi connectivity index (χ4v) is 2.91. The largest absolute Gasteiger partial charge is 0.454 e. The Morgan fingerprint density at radius 1 is 1.00 bits per heavy atom. The highest BCUT2D eigenvalue weighted by Gasteiger charge is 2.13. The fourth-order valence-electron chi connectivity index (χ4n) is 2.67. The number of nitrogens with one attached hydrogen (secondary N) is 2. The van der Waals surface area contributed by atoms with Crippen molar-refractivity contribution in [1.29, 1.82) is 0 Å². The van der Waals surface area contributed by atoms with Crippen LogP contribution in [0.3, 0.4) is 0 Å². The van der Waals surface area contributed by atoms with Gasteiger partial charge >= 0.3 is 5.63 Å². The Labute approximate surface area is 148 Å². The SMILES string of the molecule is Cc1cc(=O)oc2cc(NC(=S)Nc3ccc4c(c3)OCO4)ccc12. The van der Waals surface area contributed by atoms with E-state index in [1.54, 1.807) is 6.07 Å². The minimum Gasteiger partial charge on any atom is -0.454 e. The van der Waals surface area contributed by atoms with Crippen molar-refractivity contribution in [2.45, 2.75) is 6.92 Å². The zero-order valence-corrected chi connectivity index (χ0v) is 14.1. The molecule has 0 bridgehead atoms. The third-order valence-electron chi connectivity index (χ3n) is 3.84. The number of fused-ring (bicyclic) bond motifs is 2. The number of anilines is 2. The van der Waals surface area contributed by atoms with Gasteiger partial charge in [0.2, 0.25) is 6.79 Å². The molecule has 0 atom stereocenters. The number of rotatable bonds is 2. The third kappa shape index (κ3) is 3.14. The predicted octanol–water partition coefficient (Wildman–Crippen LogP) is 3.64. The molecule has 1 aromatic heterocycles. The molecular weight excluding hydrogens is 340 g/mol. The third-order valence-corrected chi connectivity index (χ3v) is 4.04. The molecule has 2 N–H and O–H groups in total. The molecule has 1 aliphatic rings. The molecule has 2 heterocycles. The second-order valence-corrected chi connectivity index (χ2v) is 6.01. The van der Waals surface area contributed by atoms with Gasteiger partial charge in [0.25, 0.3) is 0 Å². The summed E-state index contributed by atoms with van der Waals surface area (Å²) in [6.45, 7) is 2.10. The first-order chi connectivity index (χ1) is 12.1. The molecule has 25 heavy (non-hydrogen) atoms. The average molecular weight is 354 g/mol. The monoisotopic (exact) mass is 354 g/mol. The normalized spacial score (nSPS) is 12.2. The van der Waals surface area contributed by atoms with E-state index in [4.69, 9.17) is 26.1 Å². The molecule has 0 radical (unpaired) electrons. The van der Waals surface area contributed by atoms with Gasteiger partial charge in [0.1, 0.15) is 5.58 Å². The van der Waals surface area contributed by atoms with Crippen molar-refractivity contribution < 1.29 is 13.9 Å². The number of ether oxygens (including phenoxy) is 2. The van der Waals surface area contributed by atoms with E-state index in [9.17, 15) is 4.79 Å². The van der Waals surface area contributed by atoms with E-state index >= 15 is 0 Å². The molecule has 0 saturated carbocycles. The summed E-state index contributed by atoms with van der Waals surface area (Å²) < 4.78 is 15.9. The van der Waals surface area contributed by atoms with Crippen LogP contribution in [0.5, 0.6) is 11.5 Å². The van der Waals surface area contributed by atoms with Gasteiger partial charge in [-0.3, -0.25) is 0 Å². The van der Waals surface area contributed by atoms with Crippen LogP contribution in [0.4, 0.5) is 11.4 Å². The van der Waals surface area contributed by atoms with E-state index in [0.717, 1.165) is 22.3 Å². The lowest BCUT2D eigenvalue weighted by Crippen LogP contribution is -2.19. The van der Waals surface area contributed by atoms with Gasteiger partial charge in [-0.15, -0.1) is 0 Å². The molecule has 2 aromatic carbocycles. The molecule has 0 fully saturated rings. The van der Waals surface area contributed by atoms with E-state index in [2.05, 4.69) is 10.6 Å². The molecule has 0 saturated heterocycles. The van der Waals surface area contributed by atoms with Crippen molar-refractivity contribution >= 4 is 39.7 Å². The number of benzene rings is 2. The van der Waals surface area contributed by atoms with Crippen molar-refractivity contribution in [3.8, 4) is 11.5 Å².